The highest BCUT2D eigenvalue weighted by Crippen LogP contribution is 2.19. The lowest BCUT2D eigenvalue weighted by Crippen LogP contribution is -2.37. The third kappa shape index (κ3) is 3.45. The van der Waals surface area contributed by atoms with Gasteiger partial charge >= 0.3 is 0 Å². The van der Waals surface area contributed by atoms with E-state index in [1.54, 1.807) is 0 Å². The predicted molar refractivity (Wildman–Crippen MR) is 67.5 cm³/mol. The fraction of sp³-hybridized carbons (Fsp3) is 0.667. The van der Waals surface area contributed by atoms with E-state index in [1.165, 1.54) is 0 Å². The molecule has 90 valence electrons. The van der Waals surface area contributed by atoms with E-state index in [1.807, 2.05) is 19.9 Å². The number of nitrogens with two attached hydrogens (primary N) is 1. The number of rotatable bonds is 5. The monoisotopic (exact) mass is 222 g/mol. The lowest BCUT2D eigenvalue weighted by Gasteiger charge is -2.29. The van der Waals surface area contributed by atoms with Crippen LogP contribution in [-0.4, -0.2) is 22.1 Å². The molecule has 0 saturated carbocycles. The summed E-state index contributed by atoms with van der Waals surface area (Å²) >= 11 is 0. The zero-order valence-electron chi connectivity index (χ0n) is 10.7. The Morgan fingerprint density at radius 3 is 2.31 bits per heavy atom. The largest absolute Gasteiger partial charge is 0.349 e. The summed E-state index contributed by atoms with van der Waals surface area (Å²) in [6, 6.07) is 1.97. The summed E-state index contributed by atoms with van der Waals surface area (Å²) in [6.07, 6.45) is 1.92. The minimum atomic E-state index is -0.0189. The van der Waals surface area contributed by atoms with Crippen molar-refractivity contribution in [1.82, 2.24) is 9.97 Å². The average Bonchev–Trinajstić information content (AvgIpc) is 2.16. The van der Waals surface area contributed by atoms with Crippen molar-refractivity contribution in [3.05, 3.63) is 17.5 Å². The van der Waals surface area contributed by atoms with Crippen LogP contribution in [-0.2, 0) is 0 Å². The Hall–Kier alpha value is -1.16. The molecular formula is C12H22N4. The van der Waals surface area contributed by atoms with Gasteiger partial charge in [0.25, 0.3) is 0 Å². The lowest BCUT2D eigenvalue weighted by molar-refractivity contribution is 0.459. The highest BCUT2D eigenvalue weighted by Gasteiger charge is 2.21. The lowest BCUT2D eigenvalue weighted by atomic mass is 9.95. The molecule has 0 fully saturated rings. The molecule has 4 nitrogen and oxygen atoms in total. The van der Waals surface area contributed by atoms with E-state index in [0.717, 1.165) is 24.2 Å². The predicted octanol–water partition coefficient (Wildman–Crippen LogP) is 2.02. The molecule has 0 bridgehead atoms. The normalized spacial score (nSPS) is 14.6. The van der Waals surface area contributed by atoms with Gasteiger partial charge in [-0.1, -0.05) is 6.92 Å². The first kappa shape index (κ1) is 12.9. The minimum Gasteiger partial charge on any atom is -0.349 e. The van der Waals surface area contributed by atoms with Gasteiger partial charge in [0.05, 0.1) is 0 Å². The van der Waals surface area contributed by atoms with Gasteiger partial charge in [-0.15, -0.1) is 0 Å². The Morgan fingerprint density at radius 2 is 1.88 bits per heavy atom. The number of nitrogens with zero attached hydrogens (tertiary/aromatic N) is 2. The summed E-state index contributed by atoms with van der Waals surface area (Å²) in [5, 5.41) is 3.39. The summed E-state index contributed by atoms with van der Waals surface area (Å²) in [5.74, 6) is 0.704. The van der Waals surface area contributed by atoms with Crippen molar-refractivity contribution in [1.29, 1.82) is 0 Å². The van der Waals surface area contributed by atoms with Gasteiger partial charge in [-0.3, -0.25) is 0 Å². The summed E-state index contributed by atoms with van der Waals surface area (Å²) in [6.45, 7) is 8.92. The molecule has 0 saturated heterocycles. The van der Waals surface area contributed by atoms with Gasteiger partial charge in [0, 0.05) is 16.9 Å². The minimum absolute atomic E-state index is 0.0189. The average molecular weight is 222 g/mol. The van der Waals surface area contributed by atoms with Crippen molar-refractivity contribution in [2.75, 3.05) is 11.9 Å². The van der Waals surface area contributed by atoms with E-state index in [0.29, 0.717) is 12.5 Å². The maximum absolute atomic E-state index is 5.62. The Balaban J connectivity index is 2.85. The van der Waals surface area contributed by atoms with Crippen LogP contribution >= 0.6 is 0 Å². The number of nitrogens with one attached hydrogen (secondary N) is 1. The van der Waals surface area contributed by atoms with Gasteiger partial charge < -0.3 is 11.1 Å². The van der Waals surface area contributed by atoms with Crippen molar-refractivity contribution in [3.8, 4) is 0 Å². The Labute approximate surface area is 97.7 Å². The number of aromatic nitrogens is 2. The molecule has 1 unspecified atom stereocenters. The third-order valence-corrected chi connectivity index (χ3v) is 2.87. The van der Waals surface area contributed by atoms with Crippen LogP contribution in [0.25, 0.3) is 0 Å². The number of hydrogen-bond donors (Lipinski definition) is 2. The molecule has 0 aliphatic carbocycles. The van der Waals surface area contributed by atoms with Crippen molar-refractivity contribution in [3.63, 3.8) is 0 Å². The second-order valence-electron chi connectivity index (χ2n) is 4.55. The second-order valence-corrected chi connectivity index (χ2v) is 4.55. The summed E-state index contributed by atoms with van der Waals surface area (Å²) in [5.41, 5.74) is 7.58. The number of hydrogen-bond acceptors (Lipinski definition) is 4. The van der Waals surface area contributed by atoms with Crippen LogP contribution in [0.1, 0.15) is 38.1 Å². The smallest absolute Gasteiger partial charge is 0.223 e. The van der Waals surface area contributed by atoms with Gasteiger partial charge in [0.2, 0.25) is 5.95 Å². The quantitative estimate of drug-likeness (QED) is 0.800. The van der Waals surface area contributed by atoms with Crippen molar-refractivity contribution < 1.29 is 0 Å². The molecular weight excluding hydrogens is 200 g/mol. The zero-order chi connectivity index (χ0) is 12.2. The van der Waals surface area contributed by atoms with Crippen LogP contribution in [0.15, 0.2) is 6.07 Å². The highest BCUT2D eigenvalue weighted by molar-refractivity contribution is 5.31. The zero-order valence-corrected chi connectivity index (χ0v) is 10.7. The molecule has 0 radical (unpaired) electrons. The molecule has 1 atom stereocenters. The molecule has 1 aromatic heterocycles. The fourth-order valence-corrected chi connectivity index (χ4v) is 1.70. The molecule has 4 heteroatoms. The van der Waals surface area contributed by atoms with Crippen molar-refractivity contribution >= 4 is 5.95 Å². The Bertz CT molecular complexity index is 331. The van der Waals surface area contributed by atoms with Gasteiger partial charge in [-0.05, 0) is 46.2 Å². The van der Waals surface area contributed by atoms with Gasteiger partial charge in [-0.2, -0.15) is 0 Å². The van der Waals surface area contributed by atoms with E-state index in [9.17, 15) is 0 Å². The van der Waals surface area contributed by atoms with E-state index < -0.39 is 0 Å². The summed E-state index contributed by atoms with van der Waals surface area (Å²) in [4.78, 5) is 8.77. The maximum Gasteiger partial charge on any atom is 0.223 e. The first-order chi connectivity index (χ1) is 7.49. The first-order valence-corrected chi connectivity index (χ1v) is 5.79. The van der Waals surface area contributed by atoms with Gasteiger partial charge in [-0.25, -0.2) is 9.97 Å². The Morgan fingerprint density at radius 1 is 1.31 bits per heavy atom. The fourth-order valence-electron chi connectivity index (χ4n) is 1.70. The molecule has 3 N–H and O–H groups in total. The number of anilines is 1. The molecule has 1 aromatic rings. The van der Waals surface area contributed by atoms with E-state index >= 15 is 0 Å². The van der Waals surface area contributed by atoms with Crippen molar-refractivity contribution in [2.45, 2.75) is 46.1 Å². The molecule has 0 aliphatic rings. The van der Waals surface area contributed by atoms with Gasteiger partial charge in [0.1, 0.15) is 0 Å². The molecule has 0 aromatic carbocycles. The van der Waals surface area contributed by atoms with Crippen LogP contribution in [0.2, 0.25) is 0 Å². The topological polar surface area (TPSA) is 63.8 Å². The third-order valence-electron chi connectivity index (χ3n) is 2.87. The molecule has 16 heavy (non-hydrogen) atoms. The highest BCUT2D eigenvalue weighted by atomic mass is 15.1. The van der Waals surface area contributed by atoms with Crippen LogP contribution < -0.4 is 11.1 Å². The van der Waals surface area contributed by atoms with Crippen LogP contribution in [0, 0.1) is 13.8 Å². The van der Waals surface area contributed by atoms with E-state index in [-0.39, 0.29) is 5.54 Å². The Kier molecular flexibility index (Phi) is 4.24. The molecule has 0 amide bonds. The van der Waals surface area contributed by atoms with Crippen molar-refractivity contribution in [2.24, 2.45) is 5.73 Å². The van der Waals surface area contributed by atoms with Gasteiger partial charge in [0.15, 0.2) is 0 Å². The molecule has 0 spiro atoms. The maximum atomic E-state index is 5.62. The van der Waals surface area contributed by atoms with E-state index in [2.05, 4.69) is 29.1 Å². The number of aryl methyl sites for hydroxylation is 2. The molecule has 0 aliphatic heterocycles. The summed E-state index contributed by atoms with van der Waals surface area (Å²) < 4.78 is 0. The first-order valence-electron chi connectivity index (χ1n) is 5.79. The molecule has 1 rings (SSSR count). The SMILES string of the molecule is CCC(C)(CCN)Nc1nc(C)cc(C)n1. The molecule has 1 heterocycles. The van der Waals surface area contributed by atoms with Crippen LogP contribution in [0.4, 0.5) is 5.95 Å². The second kappa shape index (κ2) is 5.25. The standard InChI is InChI=1S/C12H22N4/c1-5-12(4,6-7-13)16-11-14-9(2)8-10(3)15-11/h8H,5-7,13H2,1-4H3,(H,14,15,16). The van der Waals surface area contributed by atoms with Crippen LogP contribution in [0.3, 0.4) is 0 Å². The summed E-state index contributed by atoms with van der Waals surface area (Å²) in [7, 11) is 0. The van der Waals surface area contributed by atoms with Crippen LogP contribution in [0.5, 0.6) is 0 Å². The van der Waals surface area contributed by atoms with E-state index in [4.69, 9.17) is 5.73 Å².